The van der Waals surface area contributed by atoms with E-state index in [1.165, 1.54) is 17.0 Å². The van der Waals surface area contributed by atoms with Crippen molar-refractivity contribution in [2.75, 3.05) is 5.32 Å². The molecule has 2 aromatic heterocycles. The van der Waals surface area contributed by atoms with E-state index in [1.807, 2.05) is 0 Å². The van der Waals surface area contributed by atoms with Crippen LogP contribution in [0.3, 0.4) is 0 Å². The molecule has 3 rings (SSSR count). The summed E-state index contributed by atoms with van der Waals surface area (Å²) in [5.74, 6) is 1.62. The Morgan fingerprint density at radius 2 is 2.40 bits per heavy atom. The third kappa shape index (κ3) is 2.46. The van der Waals surface area contributed by atoms with Gasteiger partial charge >= 0.3 is 0 Å². The maximum Gasteiger partial charge on any atom is 0.253 e. The first-order chi connectivity index (χ1) is 9.63. The van der Waals surface area contributed by atoms with E-state index in [0.29, 0.717) is 11.6 Å². The molecule has 0 spiro atoms. The first-order valence-electron chi connectivity index (χ1n) is 6.01. The normalized spacial score (nSPS) is 13.2. The summed E-state index contributed by atoms with van der Waals surface area (Å²) < 4.78 is 6.34. The second kappa shape index (κ2) is 5.12. The van der Waals surface area contributed by atoms with E-state index in [1.54, 1.807) is 18.7 Å². The number of nitrogens with zero attached hydrogens (tertiary/aromatic N) is 3. The van der Waals surface area contributed by atoms with E-state index in [-0.39, 0.29) is 18.0 Å². The summed E-state index contributed by atoms with van der Waals surface area (Å²) in [6, 6.07) is 1.38. The molecule has 1 N–H and O–H groups in total. The van der Waals surface area contributed by atoms with Crippen molar-refractivity contribution >= 4 is 23.6 Å². The summed E-state index contributed by atoms with van der Waals surface area (Å²) in [4.78, 5) is 27.6. The molecule has 0 fully saturated rings. The quantitative estimate of drug-likeness (QED) is 0.905. The third-order valence-corrected chi connectivity index (χ3v) is 3.91. The zero-order valence-electron chi connectivity index (χ0n) is 10.8. The third-order valence-electron chi connectivity index (χ3n) is 2.94. The SMILES string of the molecule is Cc1cc(=O)n(CC(=O)Nc2onc3c2CSC3)cn1. The number of anilines is 1. The van der Waals surface area contributed by atoms with Crippen LogP contribution in [0, 0.1) is 6.92 Å². The second-order valence-electron chi connectivity index (χ2n) is 4.47. The molecule has 0 unspecified atom stereocenters. The summed E-state index contributed by atoms with van der Waals surface area (Å²) in [7, 11) is 0. The lowest BCUT2D eigenvalue weighted by Gasteiger charge is -2.05. The molecule has 2 aromatic rings. The Kier molecular flexibility index (Phi) is 3.31. The molecule has 0 aromatic carbocycles. The van der Waals surface area contributed by atoms with Gasteiger partial charge in [-0.25, -0.2) is 4.98 Å². The lowest BCUT2D eigenvalue weighted by atomic mass is 10.3. The molecule has 0 saturated carbocycles. The van der Waals surface area contributed by atoms with Gasteiger partial charge in [-0.05, 0) is 6.92 Å². The molecule has 1 aliphatic heterocycles. The van der Waals surface area contributed by atoms with Crippen LogP contribution in [-0.2, 0) is 22.8 Å². The van der Waals surface area contributed by atoms with Gasteiger partial charge in [-0.2, -0.15) is 11.8 Å². The number of aryl methyl sites for hydroxylation is 1. The minimum Gasteiger partial charge on any atom is -0.338 e. The van der Waals surface area contributed by atoms with Crippen molar-refractivity contribution in [3.05, 3.63) is 39.7 Å². The average molecular weight is 292 g/mol. The number of thioether (sulfide) groups is 1. The zero-order valence-corrected chi connectivity index (χ0v) is 11.6. The Morgan fingerprint density at radius 1 is 1.55 bits per heavy atom. The Morgan fingerprint density at radius 3 is 3.20 bits per heavy atom. The van der Waals surface area contributed by atoms with Crippen molar-refractivity contribution in [2.45, 2.75) is 25.0 Å². The Balaban J connectivity index is 1.72. The van der Waals surface area contributed by atoms with Crippen molar-refractivity contribution in [1.29, 1.82) is 0 Å². The average Bonchev–Trinajstić information content (AvgIpc) is 2.98. The van der Waals surface area contributed by atoms with Gasteiger partial charge in [-0.15, -0.1) is 0 Å². The highest BCUT2D eigenvalue weighted by molar-refractivity contribution is 7.98. The fourth-order valence-corrected chi connectivity index (χ4v) is 2.93. The number of amides is 1. The van der Waals surface area contributed by atoms with Crippen LogP contribution in [0.15, 0.2) is 21.7 Å². The smallest absolute Gasteiger partial charge is 0.253 e. The molecule has 0 aliphatic carbocycles. The van der Waals surface area contributed by atoms with Crippen LogP contribution in [0.2, 0.25) is 0 Å². The van der Waals surface area contributed by atoms with Crippen LogP contribution in [0.25, 0.3) is 0 Å². The van der Waals surface area contributed by atoms with Crippen molar-refractivity contribution in [3.8, 4) is 0 Å². The van der Waals surface area contributed by atoms with Gasteiger partial charge in [0.1, 0.15) is 6.54 Å². The topological polar surface area (TPSA) is 90.0 Å². The summed E-state index contributed by atoms with van der Waals surface area (Å²) >= 11 is 1.72. The predicted octanol–water partition coefficient (Wildman–Crippen LogP) is 0.925. The highest BCUT2D eigenvalue weighted by atomic mass is 32.2. The number of aromatic nitrogens is 3. The molecule has 7 nitrogen and oxygen atoms in total. The van der Waals surface area contributed by atoms with Gasteiger partial charge in [0.15, 0.2) is 0 Å². The van der Waals surface area contributed by atoms with Crippen LogP contribution in [-0.4, -0.2) is 20.6 Å². The maximum atomic E-state index is 11.9. The highest BCUT2D eigenvalue weighted by Gasteiger charge is 2.22. The molecule has 20 heavy (non-hydrogen) atoms. The number of carbonyl (C=O) groups is 1. The summed E-state index contributed by atoms with van der Waals surface area (Å²) in [5, 5.41) is 6.54. The van der Waals surface area contributed by atoms with Crippen molar-refractivity contribution in [3.63, 3.8) is 0 Å². The summed E-state index contributed by atoms with van der Waals surface area (Å²) in [6.07, 6.45) is 1.36. The molecule has 0 saturated heterocycles. The highest BCUT2D eigenvalue weighted by Crippen LogP contribution is 2.34. The second-order valence-corrected chi connectivity index (χ2v) is 5.46. The first-order valence-corrected chi connectivity index (χ1v) is 7.17. The number of rotatable bonds is 3. The largest absolute Gasteiger partial charge is 0.338 e. The Hall–Kier alpha value is -2.09. The van der Waals surface area contributed by atoms with Crippen LogP contribution < -0.4 is 10.9 Å². The molecular weight excluding hydrogens is 280 g/mol. The van der Waals surface area contributed by atoms with Crippen molar-refractivity contribution in [1.82, 2.24) is 14.7 Å². The molecule has 3 heterocycles. The Bertz CT molecular complexity index is 722. The zero-order chi connectivity index (χ0) is 14.1. The van der Waals surface area contributed by atoms with Gasteiger partial charge in [0.25, 0.3) is 5.56 Å². The lowest BCUT2D eigenvalue weighted by molar-refractivity contribution is -0.116. The Labute approximate surface area is 118 Å². The van der Waals surface area contributed by atoms with Crippen molar-refractivity contribution in [2.24, 2.45) is 0 Å². The number of nitrogens with one attached hydrogen (secondary N) is 1. The minimum atomic E-state index is -0.339. The van der Waals surface area contributed by atoms with Crippen LogP contribution >= 0.6 is 11.8 Å². The molecule has 1 aliphatic rings. The molecular formula is C12H12N4O3S. The van der Waals surface area contributed by atoms with Gasteiger partial charge in [0, 0.05) is 23.3 Å². The molecule has 8 heteroatoms. The lowest BCUT2D eigenvalue weighted by Crippen LogP contribution is -2.27. The van der Waals surface area contributed by atoms with Crippen LogP contribution in [0.1, 0.15) is 17.0 Å². The summed E-state index contributed by atoms with van der Waals surface area (Å²) in [5.41, 5.74) is 2.17. The predicted molar refractivity (Wildman–Crippen MR) is 73.4 cm³/mol. The molecule has 104 valence electrons. The van der Waals surface area contributed by atoms with E-state index in [4.69, 9.17) is 4.52 Å². The van der Waals surface area contributed by atoms with Gasteiger partial charge in [0.2, 0.25) is 11.8 Å². The fraction of sp³-hybridized carbons (Fsp3) is 0.333. The fourth-order valence-electron chi connectivity index (χ4n) is 1.91. The van der Waals surface area contributed by atoms with E-state index in [2.05, 4.69) is 15.5 Å². The van der Waals surface area contributed by atoms with Crippen LogP contribution in [0.4, 0.5) is 5.88 Å². The number of carbonyl (C=O) groups excluding carboxylic acids is 1. The van der Waals surface area contributed by atoms with E-state index < -0.39 is 0 Å². The maximum absolute atomic E-state index is 11.9. The minimum absolute atomic E-state index is 0.102. The van der Waals surface area contributed by atoms with Gasteiger partial charge < -0.3 is 4.52 Å². The van der Waals surface area contributed by atoms with Crippen LogP contribution in [0.5, 0.6) is 0 Å². The van der Waals surface area contributed by atoms with Crippen molar-refractivity contribution < 1.29 is 9.32 Å². The number of hydrogen-bond acceptors (Lipinski definition) is 6. The molecule has 0 bridgehead atoms. The van der Waals surface area contributed by atoms with Gasteiger partial charge in [0.05, 0.1) is 17.6 Å². The van der Waals surface area contributed by atoms with E-state index in [0.717, 1.165) is 22.8 Å². The monoisotopic (exact) mass is 292 g/mol. The standard InChI is InChI=1S/C12H12N4O3S/c1-7-2-11(18)16(6-13-7)3-10(17)14-12-8-4-20-5-9(8)15-19-12/h2,6H,3-5H2,1H3,(H,14,17). The van der Waals surface area contributed by atoms with Gasteiger partial charge in [-0.3, -0.25) is 19.5 Å². The number of hydrogen-bond donors (Lipinski definition) is 1. The molecule has 0 atom stereocenters. The van der Waals surface area contributed by atoms with E-state index in [9.17, 15) is 9.59 Å². The van der Waals surface area contributed by atoms with E-state index >= 15 is 0 Å². The first kappa shape index (κ1) is 12.9. The number of fused-ring (bicyclic) bond motifs is 1. The molecule has 0 radical (unpaired) electrons. The molecule has 1 amide bonds. The summed E-state index contributed by atoms with van der Waals surface area (Å²) in [6.45, 7) is 1.62. The van der Waals surface area contributed by atoms with Gasteiger partial charge in [-0.1, -0.05) is 5.16 Å².